The fraction of sp³-hybridized carbons (Fsp3) is 0.375. The van der Waals surface area contributed by atoms with Crippen molar-refractivity contribution in [1.29, 1.82) is 0 Å². The highest BCUT2D eigenvalue weighted by atomic mass is 19.4. The van der Waals surface area contributed by atoms with Crippen molar-refractivity contribution in [2.24, 2.45) is 0 Å². The van der Waals surface area contributed by atoms with E-state index in [0.29, 0.717) is 18.7 Å². The van der Waals surface area contributed by atoms with Crippen molar-refractivity contribution >= 4 is 23.4 Å². The molecule has 2 atom stereocenters. The summed E-state index contributed by atoms with van der Waals surface area (Å²) >= 11 is 0. The van der Waals surface area contributed by atoms with Crippen LogP contribution in [-0.2, 0) is 6.18 Å². The maximum atomic E-state index is 13.5. The van der Waals surface area contributed by atoms with E-state index in [1.54, 1.807) is 0 Å². The van der Waals surface area contributed by atoms with Crippen molar-refractivity contribution in [2.75, 3.05) is 41.4 Å². The molecule has 0 radical (unpaired) electrons. The number of anilines is 3. The number of aliphatic hydroxyl groups is 2. The van der Waals surface area contributed by atoms with Gasteiger partial charge in [-0.25, -0.2) is 14.8 Å². The smallest absolute Gasteiger partial charge is 0.416 e. The molecule has 5 rings (SSSR count). The van der Waals surface area contributed by atoms with Crippen LogP contribution in [0.4, 0.5) is 35.3 Å². The first-order chi connectivity index (χ1) is 18.2. The molecule has 4 heterocycles. The largest absolute Gasteiger partial charge is 0.474 e. The number of benzene rings is 1. The molecule has 2 aromatic heterocycles. The highest BCUT2D eigenvalue weighted by molar-refractivity contribution is 6.04. The summed E-state index contributed by atoms with van der Waals surface area (Å²) in [5.74, 6) is 0.462. The van der Waals surface area contributed by atoms with Crippen LogP contribution in [0, 0.1) is 0 Å². The van der Waals surface area contributed by atoms with Crippen LogP contribution in [-0.4, -0.2) is 74.6 Å². The number of nitrogens with zero attached hydrogens (tertiary/aromatic N) is 6. The molecule has 14 heteroatoms. The molecule has 1 aromatic carbocycles. The predicted octanol–water partition coefficient (Wildman–Crippen LogP) is 2.71. The molecule has 1 saturated heterocycles. The zero-order valence-corrected chi connectivity index (χ0v) is 20.0. The number of fused-ring (bicyclic) bond motifs is 4. The van der Waals surface area contributed by atoms with Crippen molar-refractivity contribution in [3.63, 3.8) is 0 Å². The Morgan fingerprint density at radius 2 is 2.08 bits per heavy atom. The summed E-state index contributed by atoms with van der Waals surface area (Å²) in [6, 6.07) is 3.95. The number of halogens is 3. The predicted molar refractivity (Wildman–Crippen MR) is 130 cm³/mol. The summed E-state index contributed by atoms with van der Waals surface area (Å²) in [5, 5.41) is 21.1. The standard InChI is InChI=1S/C24H24F3N7O4/c25-24(26,27)15-4-1-3-14(7-15)21-29-8-18-22(32-21)34(16-5-2-6-33(18)11-16)23(37)31-19-9-28-10-20(30-19)38-13-17(36)12-35/h1,3-4,7-10,16-17,35-36H,2,5-6,11-13H2,(H,30,31,37)/t16?,17-/m1/s1. The summed E-state index contributed by atoms with van der Waals surface area (Å²) < 4.78 is 45.1. The van der Waals surface area contributed by atoms with Gasteiger partial charge in [0.25, 0.3) is 0 Å². The molecular formula is C24H24F3N7O4. The van der Waals surface area contributed by atoms with Crippen LogP contribution in [0.5, 0.6) is 5.88 Å². The van der Waals surface area contributed by atoms with Gasteiger partial charge in [-0.3, -0.25) is 15.2 Å². The number of carbonyl (C=O) groups excluding carboxylic acids is 1. The molecule has 2 aliphatic rings. The van der Waals surface area contributed by atoms with Gasteiger partial charge in [0.15, 0.2) is 17.5 Å². The molecule has 3 aromatic rings. The van der Waals surface area contributed by atoms with Crippen LogP contribution < -0.4 is 19.9 Å². The first kappa shape index (κ1) is 25.6. The lowest BCUT2D eigenvalue weighted by Crippen LogP contribution is -2.56. The Morgan fingerprint density at radius 1 is 1.24 bits per heavy atom. The van der Waals surface area contributed by atoms with Gasteiger partial charge in [-0.05, 0) is 25.0 Å². The molecule has 2 amide bonds. The highest BCUT2D eigenvalue weighted by Crippen LogP contribution is 2.39. The second kappa shape index (κ2) is 10.4. The number of hydrogen-bond donors (Lipinski definition) is 3. The molecule has 2 bridgehead atoms. The van der Waals surface area contributed by atoms with Crippen molar-refractivity contribution in [3.8, 4) is 17.3 Å². The normalized spacial score (nSPS) is 17.6. The molecule has 2 aliphatic heterocycles. The SMILES string of the molecule is O=C(Nc1cncc(OC[C@H](O)CO)n1)N1c2nc(-c3cccc(C(F)(F)F)c3)ncc2N2CCCC1C2. The van der Waals surface area contributed by atoms with E-state index in [2.05, 4.69) is 30.2 Å². The zero-order valence-electron chi connectivity index (χ0n) is 20.0. The molecule has 0 saturated carbocycles. The number of nitrogens with one attached hydrogen (secondary N) is 1. The molecule has 0 spiro atoms. The van der Waals surface area contributed by atoms with Gasteiger partial charge in [0.1, 0.15) is 12.7 Å². The van der Waals surface area contributed by atoms with E-state index in [1.165, 1.54) is 35.6 Å². The van der Waals surface area contributed by atoms with Gasteiger partial charge in [-0.2, -0.15) is 18.2 Å². The van der Waals surface area contributed by atoms with E-state index in [0.717, 1.165) is 25.1 Å². The molecule has 200 valence electrons. The van der Waals surface area contributed by atoms with Crippen LogP contribution >= 0.6 is 0 Å². The Kier molecular flexibility index (Phi) is 6.99. The molecule has 38 heavy (non-hydrogen) atoms. The number of carbonyl (C=O) groups is 1. The Balaban J connectivity index is 1.44. The van der Waals surface area contributed by atoms with Gasteiger partial charge in [0, 0.05) is 18.7 Å². The first-order valence-electron chi connectivity index (χ1n) is 11.9. The van der Waals surface area contributed by atoms with E-state index in [4.69, 9.17) is 9.84 Å². The fourth-order valence-electron chi connectivity index (χ4n) is 4.44. The average molecular weight is 531 g/mol. The van der Waals surface area contributed by atoms with Crippen LogP contribution in [0.3, 0.4) is 0 Å². The Hall–Kier alpha value is -4.04. The third-order valence-corrected chi connectivity index (χ3v) is 6.23. The van der Waals surface area contributed by atoms with Crippen molar-refractivity contribution in [1.82, 2.24) is 19.9 Å². The van der Waals surface area contributed by atoms with Crippen molar-refractivity contribution < 1.29 is 32.9 Å². The number of piperidine rings is 1. The third kappa shape index (κ3) is 5.31. The van der Waals surface area contributed by atoms with Gasteiger partial charge in [0.2, 0.25) is 5.88 Å². The van der Waals surface area contributed by atoms with E-state index in [-0.39, 0.29) is 41.6 Å². The van der Waals surface area contributed by atoms with E-state index in [9.17, 15) is 23.1 Å². The van der Waals surface area contributed by atoms with E-state index >= 15 is 0 Å². The van der Waals surface area contributed by atoms with Crippen LogP contribution in [0.15, 0.2) is 42.9 Å². The minimum absolute atomic E-state index is 0.0346. The minimum atomic E-state index is -4.52. The fourth-order valence-corrected chi connectivity index (χ4v) is 4.44. The average Bonchev–Trinajstić information content (AvgIpc) is 2.91. The van der Waals surface area contributed by atoms with Crippen molar-refractivity contribution in [3.05, 3.63) is 48.4 Å². The minimum Gasteiger partial charge on any atom is -0.474 e. The molecule has 1 unspecified atom stereocenters. The summed E-state index contributed by atoms with van der Waals surface area (Å²) in [7, 11) is 0. The van der Waals surface area contributed by atoms with Crippen molar-refractivity contribution in [2.45, 2.75) is 31.2 Å². The number of alkyl halides is 3. The summed E-state index contributed by atoms with van der Waals surface area (Å²) in [6.45, 7) is 0.604. The first-order valence-corrected chi connectivity index (χ1v) is 11.9. The number of ether oxygens (including phenoxy) is 1. The highest BCUT2D eigenvalue weighted by Gasteiger charge is 2.39. The number of hydrogen-bond acceptors (Lipinski definition) is 9. The number of amides is 2. The van der Waals surface area contributed by atoms with Crippen LogP contribution in [0.2, 0.25) is 0 Å². The summed E-state index contributed by atoms with van der Waals surface area (Å²) in [4.78, 5) is 34.0. The number of aromatic nitrogens is 4. The maximum Gasteiger partial charge on any atom is 0.416 e. The monoisotopic (exact) mass is 531 g/mol. The Bertz CT molecular complexity index is 1330. The lowest BCUT2D eigenvalue weighted by atomic mass is 10.0. The number of aliphatic hydroxyl groups excluding tert-OH is 2. The van der Waals surface area contributed by atoms with Crippen LogP contribution in [0.25, 0.3) is 11.4 Å². The molecular weight excluding hydrogens is 507 g/mol. The van der Waals surface area contributed by atoms with Gasteiger partial charge in [0.05, 0.1) is 42.5 Å². The lowest BCUT2D eigenvalue weighted by Gasteiger charge is -2.45. The van der Waals surface area contributed by atoms with Gasteiger partial charge in [-0.15, -0.1) is 0 Å². The van der Waals surface area contributed by atoms with E-state index in [1.807, 2.05) is 0 Å². The molecule has 0 aliphatic carbocycles. The second-order valence-electron chi connectivity index (χ2n) is 8.91. The lowest BCUT2D eigenvalue weighted by molar-refractivity contribution is -0.137. The Labute approximate surface area is 214 Å². The van der Waals surface area contributed by atoms with E-state index < -0.39 is 30.5 Å². The van der Waals surface area contributed by atoms with Crippen LogP contribution in [0.1, 0.15) is 18.4 Å². The molecule has 3 N–H and O–H groups in total. The topological polar surface area (TPSA) is 137 Å². The molecule has 1 fully saturated rings. The quantitative estimate of drug-likeness (QED) is 0.439. The maximum absolute atomic E-state index is 13.5. The zero-order chi connectivity index (χ0) is 26.9. The van der Waals surface area contributed by atoms with Gasteiger partial charge >= 0.3 is 12.2 Å². The number of rotatable bonds is 6. The summed E-state index contributed by atoms with van der Waals surface area (Å²) in [5.41, 5.74) is -0.0405. The third-order valence-electron chi connectivity index (χ3n) is 6.23. The number of urea groups is 1. The Morgan fingerprint density at radius 3 is 2.87 bits per heavy atom. The second-order valence-corrected chi connectivity index (χ2v) is 8.91. The molecule has 11 nitrogen and oxygen atoms in total. The van der Waals surface area contributed by atoms with Gasteiger partial charge in [-0.1, -0.05) is 12.1 Å². The summed E-state index contributed by atoms with van der Waals surface area (Å²) in [6.07, 6.45) is 0.0667. The van der Waals surface area contributed by atoms with Gasteiger partial charge < -0.3 is 19.8 Å².